The van der Waals surface area contributed by atoms with Crippen molar-refractivity contribution >= 4 is 33.5 Å². The average molecular weight is 523 g/mol. The van der Waals surface area contributed by atoms with Crippen LogP contribution < -0.4 is 0 Å². The lowest BCUT2D eigenvalue weighted by atomic mass is 10.0. The normalized spacial score (nSPS) is 13.6. The molecule has 1 heterocycles. The molecular formula is C27H24BrFN2O3. The third kappa shape index (κ3) is 5.59. The van der Waals surface area contributed by atoms with Crippen LogP contribution in [0.2, 0.25) is 0 Å². The third-order valence-electron chi connectivity index (χ3n) is 5.96. The van der Waals surface area contributed by atoms with Gasteiger partial charge >= 0.3 is 0 Å². The first-order valence-electron chi connectivity index (χ1n) is 11.1. The Kier molecular flexibility index (Phi) is 7.53. The van der Waals surface area contributed by atoms with Crippen molar-refractivity contribution in [1.82, 2.24) is 9.80 Å². The van der Waals surface area contributed by atoms with Crippen LogP contribution in [0.1, 0.15) is 33.6 Å². The molecule has 0 spiro atoms. The first-order chi connectivity index (χ1) is 16.4. The first-order valence-corrected chi connectivity index (χ1v) is 11.9. The molecule has 0 unspecified atom stereocenters. The predicted octanol–water partition coefficient (Wildman–Crippen LogP) is 5.20. The second-order valence-corrected chi connectivity index (χ2v) is 9.02. The van der Waals surface area contributed by atoms with E-state index in [2.05, 4.69) is 15.9 Å². The maximum absolute atomic E-state index is 13.5. The third-order valence-corrected chi connectivity index (χ3v) is 6.65. The van der Waals surface area contributed by atoms with Crippen molar-refractivity contribution in [1.29, 1.82) is 0 Å². The number of carbonyl (C=O) groups is 3. The Balaban J connectivity index is 1.27. The van der Waals surface area contributed by atoms with Crippen LogP contribution in [0.3, 0.4) is 0 Å². The van der Waals surface area contributed by atoms with Crippen LogP contribution in [0.15, 0.2) is 77.3 Å². The summed E-state index contributed by atoms with van der Waals surface area (Å²) in [5.74, 6) is -0.918. The monoisotopic (exact) mass is 522 g/mol. The van der Waals surface area contributed by atoms with E-state index < -0.39 is 5.82 Å². The smallest absolute Gasteiger partial charge is 0.255 e. The molecule has 0 aliphatic carbocycles. The molecule has 4 rings (SSSR count). The maximum Gasteiger partial charge on any atom is 0.255 e. The molecule has 7 heteroatoms. The van der Waals surface area contributed by atoms with Crippen molar-refractivity contribution in [3.8, 4) is 11.1 Å². The summed E-state index contributed by atoms with van der Waals surface area (Å²) in [4.78, 5) is 41.2. The fraction of sp³-hybridized carbons (Fsp3) is 0.222. The second kappa shape index (κ2) is 10.7. The number of nitrogens with zero attached hydrogens (tertiary/aromatic N) is 2. The van der Waals surface area contributed by atoms with Gasteiger partial charge in [-0.15, -0.1) is 0 Å². The minimum absolute atomic E-state index is 0.0715. The van der Waals surface area contributed by atoms with Crippen molar-refractivity contribution in [3.63, 3.8) is 0 Å². The van der Waals surface area contributed by atoms with Crippen LogP contribution >= 0.6 is 15.9 Å². The second-order valence-electron chi connectivity index (χ2n) is 8.16. The standard InChI is InChI=1S/C27H24BrFN2O3/c28-24-11-10-22(29)18-23(24)27(34)31-16-14-30(15-17-31)26(33)13-12-25(32)21-8-6-20(7-9-21)19-4-2-1-3-5-19/h1-11,18H,12-17H2. The summed E-state index contributed by atoms with van der Waals surface area (Å²) in [6.07, 6.45) is 0.265. The van der Waals surface area contributed by atoms with Gasteiger partial charge in [-0.1, -0.05) is 54.6 Å². The minimum Gasteiger partial charge on any atom is -0.339 e. The van der Waals surface area contributed by atoms with Crippen molar-refractivity contribution in [2.45, 2.75) is 12.8 Å². The van der Waals surface area contributed by atoms with Gasteiger partial charge < -0.3 is 9.80 Å². The number of piperazine rings is 1. The van der Waals surface area contributed by atoms with Gasteiger partial charge in [0.15, 0.2) is 5.78 Å². The Labute approximate surface area is 206 Å². The van der Waals surface area contributed by atoms with Gasteiger partial charge in [0.25, 0.3) is 5.91 Å². The topological polar surface area (TPSA) is 57.7 Å². The number of hydrogen-bond donors (Lipinski definition) is 0. The summed E-state index contributed by atoms with van der Waals surface area (Å²) < 4.78 is 14.1. The Morgan fingerprint density at radius 3 is 2.06 bits per heavy atom. The zero-order valence-corrected chi connectivity index (χ0v) is 20.1. The molecule has 0 radical (unpaired) electrons. The molecule has 0 bridgehead atoms. The summed E-state index contributed by atoms with van der Waals surface area (Å²) in [7, 11) is 0. The van der Waals surface area contributed by atoms with E-state index in [0.717, 1.165) is 11.1 Å². The Hall–Kier alpha value is -3.32. The molecule has 5 nitrogen and oxygen atoms in total. The molecule has 174 valence electrons. The van der Waals surface area contributed by atoms with E-state index in [1.807, 2.05) is 42.5 Å². The summed E-state index contributed by atoms with van der Waals surface area (Å²) in [5, 5.41) is 0. The van der Waals surface area contributed by atoms with Gasteiger partial charge in [-0.3, -0.25) is 14.4 Å². The molecule has 1 aliphatic heterocycles. The van der Waals surface area contributed by atoms with E-state index in [0.29, 0.717) is 36.2 Å². The van der Waals surface area contributed by atoms with Gasteiger partial charge in [-0.25, -0.2) is 4.39 Å². The van der Waals surface area contributed by atoms with Crippen LogP contribution in [0.4, 0.5) is 4.39 Å². The zero-order chi connectivity index (χ0) is 24.1. The van der Waals surface area contributed by atoms with Crippen LogP contribution in [0, 0.1) is 5.82 Å². The molecule has 1 aliphatic rings. The molecular weight excluding hydrogens is 499 g/mol. The SMILES string of the molecule is O=C(CCC(=O)N1CCN(C(=O)c2cc(F)ccc2Br)CC1)c1ccc(-c2ccccc2)cc1. The average Bonchev–Trinajstić information content (AvgIpc) is 2.88. The lowest BCUT2D eigenvalue weighted by molar-refractivity contribution is -0.132. The summed E-state index contributed by atoms with van der Waals surface area (Å²) in [6.45, 7) is 1.50. The highest BCUT2D eigenvalue weighted by atomic mass is 79.9. The fourth-order valence-corrected chi connectivity index (χ4v) is 4.41. The van der Waals surface area contributed by atoms with Crippen molar-refractivity contribution < 1.29 is 18.8 Å². The first kappa shape index (κ1) is 23.8. The number of benzene rings is 3. The van der Waals surface area contributed by atoms with Gasteiger partial charge in [-0.05, 0) is 45.3 Å². The predicted molar refractivity (Wildman–Crippen MR) is 132 cm³/mol. The quantitative estimate of drug-likeness (QED) is 0.418. The van der Waals surface area contributed by atoms with E-state index in [1.165, 1.54) is 18.2 Å². The van der Waals surface area contributed by atoms with E-state index in [4.69, 9.17) is 0 Å². The number of ketones is 1. The van der Waals surface area contributed by atoms with Gasteiger partial charge in [0.05, 0.1) is 5.56 Å². The maximum atomic E-state index is 13.5. The minimum atomic E-state index is -0.472. The zero-order valence-electron chi connectivity index (χ0n) is 18.5. The number of carbonyl (C=O) groups excluding carboxylic acids is 3. The Morgan fingerprint density at radius 2 is 1.38 bits per heavy atom. The molecule has 34 heavy (non-hydrogen) atoms. The number of halogens is 2. The lowest BCUT2D eigenvalue weighted by Gasteiger charge is -2.35. The largest absolute Gasteiger partial charge is 0.339 e. The van der Waals surface area contributed by atoms with Crippen molar-refractivity contribution in [3.05, 3.63) is 94.2 Å². The van der Waals surface area contributed by atoms with Crippen LogP contribution in [-0.2, 0) is 4.79 Å². The summed E-state index contributed by atoms with van der Waals surface area (Å²) in [5.41, 5.74) is 2.97. The number of amides is 2. The summed E-state index contributed by atoms with van der Waals surface area (Å²) >= 11 is 3.29. The molecule has 0 atom stereocenters. The fourth-order valence-electron chi connectivity index (χ4n) is 3.99. The molecule has 0 saturated carbocycles. The van der Waals surface area contributed by atoms with Crippen LogP contribution in [0.25, 0.3) is 11.1 Å². The van der Waals surface area contributed by atoms with Crippen molar-refractivity contribution in [2.24, 2.45) is 0 Å². The number of rotatable bonds is 6. The molecule has 3 aromatic rings. The van der Waals surface area contributed by atoms with E-state index in [9.17, 15) is 18.8 Å². The van der Waals surface area contributed by atoms with Crippen LogP contribution in [-0.4, -0.2) is 53.6 Å². The molecule has 3 aromatic carbocycles. The highest BCUT2D eigenvalue weighted by Crippen LogP contribution is 2.22. The lowest BCUT2D eigenvalue weighted by Crippen LogP contribution is -2.50. The molecule has 1 fully saturated rings. The van der Waals surface area contributed by atoms with E-state index in [1.54, 1.807) is 21.9 Å². The van der Waals surface area contributed by atoms with Crippen molar-refractivity contribution in [2.75, 3.05) is 26.2 Å². The number of Topliss-reactive ketones (excluding diaryl/α,β-unsaturated/α-hetero) is 1. The van der Waals surface area contributed by atoms with Gasteiger partial charge in [0.1, 0.15) is 5.82 Å². The highest BCUT2D eigenvalue weighted by molar-refractivity contribution is 9.10. The molecule has 0 N–H and O–H groups in total. The van der Waals surface area contributed by atoms with Gasteiger partial charge in [0, 0.05) is 49.1 Å². The number of hydrogen-bond acceptors (Lipinski definition) is 3. The molecule has 0 aromatic heterocycles. The van der Waals surface area contributed by atoms with Crippen LogP contribution in [0.5, 0.6) is 0 Å². The van der Waals surface area contributed by atoms with Gasteiger partial charge in [-0.2, -0.15) is 0 Å². The summed E-state index contributed by atoms with van der Waals surface area (Å²) in [6, 6.07) is 21.3. The van der Waals surface area contributed by atoms with Gasteiger partial charge in [0.2, 0.25) is 5.91 Å². The molecule has 2 amide bonds. The molecule has 1 saturated heterocycles. The highest BCUT2D eigenvalue weighted by Gasteiger charge is 2.26. The Morgan fingerprint density at radius 1 is 0.765 bits per heavy atom. The van der Waals surface area contributed by atoms with E-state index in [-0.39, 0.29) is 36.0 Å². The van der Waals surface area contributed by atoms with E-state index >= 15 is 0 Å². The Bertz CT molecular complexity index is 1190.